The van der Waals surface area contributed by atoms with Crippen molar-refractivity contribution in [3.8, 4) is 0 Å². The minimum absolute atomic E-state index is 0. The normalized spacial score (nSPS) is 31.9. The Bertz CT molecular complexity index is 521. The molecule has 2 saturated heterocycles. The molecule has 0 amide bonds. The first-order valence-corrected chi connectivity index (χ1v) is 6.46. The van der Waals surface area contributed by atoms with E-state index in [9.17, 15) is 9.59 Å². The summed E-state index contributed by atoms with van der Waals surface area (Å²) in [5.41, 5.74) is -1.06. The zero-order valence-electron chi connectivity index (χ0n) is 11.1. The zero-order chi connectivity index (χ0) is 13.5. The summed E-state index contributed by atoms with van der Waals surface area (Å²) in [5, 5.41) is 0. The Morgan fingerprint density at radius 3 is 2.40 bits per heavy atom. The number of hydrogen-bond acceptors (Lipinski definition) is 4. The third-order valence-corrected chi connectivity index (χ3v) is 3.77. The van der Waals surface area contributed by atoms with Crippen molar-refractivity contribution >= 4 is 11.9 Å². The summed E-state index contributed by atoms with van der Waals surface area (Å²) in [4.78, 5) is 23.9. The monoisotopic (exact) mass is 341 g/mol. The Kier molecular flexibility index (Phi) is 4.13. The second-order valence-corrected chi connectivity index (χ2v) is 5.31. The Labute approximate surface area is 127 Å². The largest absolute Gasteiger partial charge is 1.00 e. The third-order valence-electron chi connectivity index (χ3n) is 3.77. The first-order chi connectivity index (χ1) is 9.10. The predicted octanol–water partition coefficient (Wildman–Crippen LogP) is -2.38. The van der Waals surface area contributed by atoms with E-state index in [-0.39, 0.29) is 29.2 Å². The molecule has 0 aliphatic carbocycles. The number of cyclic esters (lactones) is 2. The number of ether oxygens (including phenoxy) is 2. The van der Waals surface area contributed by atoms with E-state index in [1.807, 2.05) is 35.2 Å². The van der Waals surface area contributed by atoms with Crippen LogP contribution in [0.2, 0.25) is 0 Å². The quantitative estimate of drug-likeness (QED) is 0.342. The molecule has 1 aromatic rings. The molecule has 0 N–H and O–H groups in total. The third kappa shape index (κ3) is 2.44. The minimum Gasteiger partial charge on any atom is -1.00 e. The van der Waals surface area contributed by atoms with Gasteiger partial charge in [-0.25, -0.2) is 4.57 Å². The molecule has 0 aromatic carbocycles. The molecule has 20 heavy (non-hydrogen) atoms. The Balaban J connectivity index is 0.00000147. The van der Waals surface area contributed by atoms with E-state index in [2.05, 4.69) is 0 Å². The van der Waals surface area contributed by atoms with Crippen LogP contribution in [0.1, 0.15) is 19.8 Å². The van der Waals surface area contributed by atoms with Gasteiger partial charge in [0.25, 0.3) is 0 Å². The lowest BCUT2D eigenvalue weighted by Gasteiger charge is -2.10. The molecule has 2 aliphatic heterocycles. The first-order valence-electron chi connectivity index (χ1n) is 6.46. The average Bonchev–Trinajstić information content (AvgIpc) is 2.82. The van der Waals surface area contributed by atoms with Gasteiger partial charge in [-0.1, -0.05) is 6.07 Å². The van der Waals surface area contributed by atoms with Gasteiger partial charge in [0.05, 0.1) is 0 Å². The zero-order valence-corrected chi connectivity index (χ0v) is 12.7. The van der Waals surface area contributed by atoms with Crippen LogP contribution in [0.5, 0.6) is 0 Å². The molecule has 6 heteroatoms. The van der Waals surface area contributed by atoms with Gasteiger partial charge in [0.1, 0.15) is 6.10 Å². The molecule has 1 spiro atoms. The number of rotatable bonds is 2. The maximum atomic E-state index is 12.0. The molecule has 0 radical (unpaired) electrons. The molecule has 3 unspecified atom stereocenters. The second kappa shape index (κ2) is 5.52. The topological polar surface area (TPSA) is 56.5 Å². The standard InChI is InChI=1S/C14H16NO4.BrH/c1-10-7-14(12(16)18-10)8-11(19-13(14)17)9-15-5-3-2-4-6-15;/h2-6,10-11H,7-9H2,1H3;1H/q+1;/p-1. The summed E-state index contributed by atoms with van der Waals surface area (Å²) < 4.78 is 12.4. The minimum atomic E-state index is -1.06. The van der Waals surface area contributed by atoms with Crippen molar-refractivity contribution < 1.29 is 40.6 Å². The fraction of sp³-hybridized carbons (Fsp3) is 0.500. The number of hydrogen-bond donors (Lipinski definition) is 0. The second-order valence-electron chi connectivity index (χ2n) is 5.31. The van der Waals surface area contributed by atoms with Crippen molar-refractivity contribution in [2.45, 2.75) is 38.5 Å². The van der Waals surface area contributed by atoms with Gasteiger partial charge in [0, 0.05) is 25.0 Å². The molecule has 3 atom stereocenters. The molecule has 3 heterocycles. The number of pyridine rings is 1. The lowest BCUT2D eigenvalue weighted by atomic mass is 9.82. The van der Waals surface area contributed by atoms with Crippen molar-refractivity contribution in [2.75, 3.05) is 0 Å². The van der Waals surface area contributed by atoms with Crippen LogP contribution in [0.15, 0.2) is 30.6 Å². The van der Waals surface area contributed by atoms with E-state index in [0.717, 1.165) is 0 Å². The van der Waals surface area contributed by atoms with Crippen molar-refractivity contribution in [2.24, 2.45) is 5.41 Å². The highest BCUT2D eigenvalue weighted by Crippen LogP contribution is 2.44. The highest BCUT2D eigenvalue weighted by Gasteiger charge is 2.61. The maximum absolute atomic E-state index is 12.0. The lowest BCUT2D eigenvalue weighted by molar-refractivity contribution is -0.703. The van der Waals surface area contributed by atoms with E-state index in [4.69, 9.17) is 9.47 Å². The van der Waals surface area contributed by atoms with E-state index in [1.165, 1.54) is 0 Å². The predicted molar refractivity (Wildman–Crippen MR) is 63.7 cm³/mol. The van der Waals surface area contributed by atoms with Crippen molar-refractivity contribution in [3.63, 3.8) is 0 Å². The summed E-state index contributed by atoms with van der Waals surface area (Å²) in [7, 11) is 0. The van der Waals surface area contributed by atoms with Crippen LogP contribution in [0.25, 0.3) is 0 Å². The van der Waals surface area contributed by atoms with E-state index < -0.39 is 17.4 Å². The van der Waals surface area contributed by atoms with Gasteiger partial charge >= 0.3 is 11.9 Å². The van der Waals surface area contributed by atoms with Gasteiger partial charge in [-0.15, -0.1) is 0 Å². The van der Waals surface area contributed by atoms with Crippen LogP contribution in [0.4, 0.5) is 0 Å². The highest BCUT2D eigenvalue weighted by molar-refractivity contribution is 6.02. The summed E-state index contributed by atoms with van der Waals surface area (Å²) >= 11 is 0. The molecule has 2 aliphatic rings. The fourth-order valence-corrected chi connectivity index (χ4v) is 2.92. The van der Waals surface area contributed by atoms with Gasteiger partial charge in [-0.3, -0.25) is 9.59 Å². The van der Waals surface area contributed by atoms with Crippen LogP contribution in [-0.2, 0) is 25.6 Å². The van der Waals surface area contributed by atoms with Gasteiger partial charge in [0.15, 0.2) is 30.5 Å². The van der Waals surface area contributed by atoms with Gasteiger partial charge in [-0.2, -0.15) is 0 Å². The van der Waals surface area contributed by atoms with Crippen LogP contribution in [-0.4, -0.2) is 24.1 Å². The van der Waals surface area contributed by atoms with Gasteiger partial charge < -0.3 is 26.5 Å². The molecule has 0 bridgehead atoms. The number of nitrogens with zero attached hydrogens (tertiary/aromatic N) is 1. The number of esters is 2. The smallest absolute Gasteiger partial charge is 0.324 e. The summed E-state index contributed by atoms with van der Waals surface area (Å²) in [6.07, 6.45) is 4.20. The maximum Gasteiger partial charge on any atom is 0.324 e. The van der Waals surface area contributed by atoms with E-state index >= 15 is 0 Å². The Morgan fingerprint density at radius 2 is 1.80 bits per heavy atom. The lowest BCUT2D eigenvalue weighted by Crippen LogP contribution is -3.00. The van der Waals surface area contributed by atoms with Crippen LogP contribution in [0, 0.1) is 5.41 Å². The molecule has 1 aromatic heterocycles. The molecule has 0 saturated carbocycles. The van der Waals surface area contributed by atoms with Crippen LogP contribution in [0.3, 0.4) is 0 Å². The summed E-state index contributed by atoms with van der Waals surface area (Å²) in [6, 6.07) is 5.76. The number of halogens is 1. The fourth-order valence-electron chi connectivity index (χ4n) is 2.92. The van der Waals surface area contributed by atoms with E-state index in [0.29, 0.717) is 19.4 Å². The molecular formula is C14H16BrNO4. The number of carbonyl (C=O) groups is 2. The average molecular weight is 342 g/mol. The summed E-state index contributed by atoms with van der Waals surface area (Å²) in [5.74, 6) is -0.853. The van der Waals surface area contributed by atoms with Crippen LogP contribution < -0.4 is 21.5 Å². The SMILES string of the molecule is CC1CC2(CC(C[n+]3ccccc3)OC2=O)C(=O)O1.[Br-]. The van der Waals surface area contributed by atoms with Crippen molar-refractivity contribution in [1.29, 1.82) is 0 Å². The van der Waals surface area contributed by atoms with E-state index in [1.54, 1.807) is 6.92 Å². The molecular weight excluding hydrogens is 326 g/mol. The van der Waals surface area contributed by atoms with Gasteiger partial charge in [-0.05, 0) is 6.92 Å². The first kappa shape index (κ1) is 15.0. The van der Waals surface area contributed by atoms with Gasteiger partial charge in [0.2, 0.25) is 0 Å². The number of carbonyl (C=O) groups excluding carboxylic acids is 2. The summed E-state index contributed by atoms with van der Waals surface area (Å²) in [6.45, 7) is 2.37. The highest BCUT2D eigenvalue weighted by atomic mass is 79.9. The number of aromatic nitrogens is 1. The van der Waals surface area contributed by atoms with Crippen LogP contribution >= 0.6 is 0 Å². The Hall–Kier alpha value is -1.43. The molecule has 3 rings (SSSR count). The molecule has 2 fully saturated rings. The van der Waals surface area contributed by atoms with Crippen molar-refractivity contribution in [3.05, 3.63) is 30.6 Å². The molecule has 5 nitrogen and oxygen atoms in total. The van der Waals surface area contributed by atoms with Crippen molar-refractivity contribution in [1.82, 2.24) is 0 Å². The Morgan fingerprint density at radius 1 is 1.15 bits per heavy atom. The molecule has 108 valence electrons.